The van der Waals surface area contributed by atoms with Crippen molar-refractivity contribution in [2.24, 2.45) is 11.8 Å². The largest absolute Gasteiger partial charge is 0.299 e. The molecule has 0 aromatic carbocycles. The summed E-state index contributed by atoms with van der Waals surface area (Å²) >= 11 is 0. The van der Waals surface area contributed by atoms with E-state index in [9.17, 15) is 4.79 Å². The number of hydrogen-bond acceptors (Lipinski definition) is 1. The Kier molecular flexibility index (Phi) is 10.5. The molecule has 0 aliphatic heterocycles. The van der Waals surface area contributed by atoms with Gasteiger partial charge in [0.2, 0.25) is 0 Å². The molecule has 0 saturated carbocycles. The van der Waals surface area contributed by atoms with Gasteiger partial charge in [-0.15, -0.1) is 0 Å². The van der Waals surface area contributed by atoms with E-state index in [1.807, 2.05) is 0 Å². The molecule has 0 radical (unpaired) electrons. The lowest BCUT2D eigenvalue weighted by atomic mass is 9.83. The Balaban J connectivity index is 2.04. The molecule has 0 N–H and O–H groups in total. The predicted octanol–water partition coefficient (Wildman–Crippen LogP) is 7.05. The Morgan fingerprint density at radius 2 is 0.885 bits per heavy atom. The van der Waals surface area contributed by atoms with Crippen LogP contribution in [0.2, 0.25) is 0 Å². The topological polar surface area (TPSA) is 17.1 Å². The zero-order chi connectivity index (χ0) is 18.3. The van der Waals surface area contributed by atoms with Crippen molar-refractivity contribution in [3.63, 3.8) is 0 Å². The molecule has 2 unspecified atom stereocenters. The molecule has 0 amide bonds. The van der Waals surface area contributed by atoms with E-state index in [1.165, 1.54) is 0 Å². The fourth-order valence-corrected chi connectivity index (χ4v) is 3.53. The number of carbonyl (C=O) groups excluding carboxylic acids is 1. The monoisotopic (exact) mass is 350 g/mol. The van der Waals surface area contributed by atoms with E-state index < -0.39 is 0 Å². The third kappa shape index (κ3) is 8.47. The summed E-state index contributed by atoms with van der Waals surface area (Å²) in [4.78, 5) is 13.2. The Morgan fingerprint density at radius 3 is 1.38 bits per heavy atom. The number of carbonyl (C=O) groups is 1. The van der Waals surface area contributed by atoms with E-state index in [-0.39, 0.29) is 11.8 Å². The first-order chi connectivity index (χ1) is 12.9. The van der Waals surface area contributed by atoms with E-state index in [0.29, 0.717) is 5.78 Å². The van der Waals surface area contributed by atoms with Crippen LogP contribution in [0.1, 0.15) is 64.2 Å². The number of rotatable bonds is 2. The third-order valence-corrected chi connectivity index (χ3v) is 5.11. The molecule has 0 heterocycles. The minimum Gasteiger partial charge on any atom is -0.299 e. The molecule has 2 aliphatic rings. The van der Waals surface area contributed by atoms with Crippen molar-refractivity contribution in [3.05, 3.63) is 72.9 Å². The van der Waals surface area contributed by atoms with Crippen LogP contribution in [0.4, 0.5) is 0 Å². The average Bonchev–Trinajstić information content (AvgIpc) is 2.62. The van der Waals surface area contributed by atoms with Crippen LogP contribution >= 0.6 is 0 Å². The van der Waals surface area contributed by atoms with Crippen LogP contribution < -0.4 is 0 Å². The van der Waals surface area contributed by atoms with Crippen LogP contribution in [-0.4, -0.2) is 5.78 Å². The number of allylic oxidation sites excluding steroid dienone is 12. The summed E-state index contributed by atoms with van der Waals surface area (Å²) in [5.41, 5.74) is 0. The molecule has 0 spiro atoms. The second kappa shape index (κ2) is 13.3. The SMILES string of the molecule is O=C(C1C/C=C\C=C\CC/C=C\CC1)C1C/C=C/C=C/CC/C=C/CC1. The minimum atomic E-state index is 0.148. The second-order valence-corrected chi connectivity index (χ2v) is 7.23. The van der Waals surface area contributed by atoms with Crippen molar-refractivity contribution in [2.45, 2.75) is 64.2 Å². The van der Waals surface area contributed by atoms with Crippen molar-refractivity contribution >= 4 is 5.78 Å². The van der Waals surface area contributed by atoms with E-state index in [2.05, 4.69) is 72.9 Å². The smallest absolute Gasteiger partial charge is 0.139 e. The van der Waals surface area contributed by atoms with Gasteiger partial charge in [-0.25, -0.2) is 0 Å². The molecule has 2 aliphatic carbocycles. The molecule has 2 rings (SSSR count). The van der Waals surface area contributed by atoms with Crippen LogP contribution in [-0.2, 0) is 4.79 Å². The van der Waals surface area contributed by atoms with Gasteiger partial charge in [0.15, 0.2) is 0 Å². The first-order valence-corrected chi connectivity index (χ1v) is 10.3. The molecular formula is C25H34O. The molecule has 1 heteroatoms. The minimum absolute atomic E-state index is 0.148. The number of Topliss-reactive ketones (excluding diaryl/α,β-unsaturated/α-hetero) is 1. The van der Waals surface area contributed by atoms with E-state index in [4.69, 9.17) is 0 Å². The van der Waals surface area contributed by atoms with E-state index in [0.717, 1.165) is 64.2 Å². The lowest BCUT2D eigenvalue weighted by Crippen LogP contribution is -2.23. The summed E-state index contributed by atoms with van der Waals surface area (Å²) in [5, 5.41) is 0. The van der Waals surface area contributed by atoms with Crippen LogP contribution in [0.15, 0.2) is 72.9 Å². The molecule has 1 nitrogen and oxygen atoms in total. The molecule has 0 fully saturated rings. The first kappa shape index (κ1) is 20.4. The van der Waals surface area contributed by atoms with Gasteiger partial charge in [-0.2, -0.15) is 0 Å². The first-order valence-electron chi connectivity index (χ1n) is 10.3. The molecule has 140 valence electrons. The third-order valence-electron chi connectivity index (χ3n) is 5.11. The van der Waals surface area contributed by atoms with Crippen molar-refractivity contribution in [2.75, 3.05) is 0 Å². The van der Waals surface area contributed by atoms with Crippen LogP contribution in [0.5, 0.6) is 0 Å². The number of hydrogen-bond donors (Lipinski definition) is 0. The second-order valence-electron chi connectivity index (χ2n) is 7.23. The molecule has 0 aromatic heterocycles. The fraction of sp³-hybridized carbons (Fsp3) is 0.480. The summed E-state index contributed by atoms with van der Waals surface area (Å²) in [5.74, 6) is 0.757. The Bertz CT molecular complexity index is 521. The van der Waals surface area contributed by atoms with Gasteiger partial charge >= 0.3 is 0 Å². The highest BCUT2D eigenvalue weighted by Crippen LogP contribution is 2.25. The van der Waals surface area contributed by atoms with Gasteiger partial charge < -0.3 is 0 Å². The Labute approximate surface area is 160 Å². The summed E-state index contributed by atoms with van der Waals surface area (Å²) < 4.78 is 0. The van der Waals surface area contributed by atoms with Gasteiger partial charge in [0.1, 0.15) is 5.78 Å². The maximum absolute atomic E-state index is 13.2. The molecule has 2 atom stereocenters. The van der Waals surface area contributed by atoms with Crippen molar-refractivity contribution in [1.29, 1.82) is 0 Å². The molecular weight excluding hydrogens is 316 g/mol. The molecule has 0 saturated heterocycles. The molecule has 0 aromatic rings. The lowest BCUT2D eigenvalue weighted by Gasteiger charge is -2.20. The molecule has 0 bridgehead atoms. The average molecular weight is 351 g/mol. The van der Waals surface area contributed by atoms with Gasteiger partial charge in [0.25, 0.3) is 0 Å². The van der Waals surface area contributed by atoms with Crippen LogP contribution in [0.3, 0.4) is 0 Å². The zero-order valence-corrected chi connectivity index (χ0v) is 16.1. The van der Waals surface area contributed by atoms with E-state index >= 15 is 0 Å². The highest BCUT2D eigenvalue weighted by atomic mass is 16.1. The summed E-state index contributed by atoms with van der Waals surface area (Å²) in [6.07, 6.45) is 36.3. The van der Waals surface area contributed by atoms with Gasteiger partial charge in [0, 0.05) is 11.8 Å². The molecule has 26 heavy (non-hydrogen) atoms. The van der Waals surface area contributed by atoms with Crippen molar-refractivity contribution in [1.82, 2.24) is 0 Å². The van der Waals surface area contributed by atoms with Crippen LogP contribution in [0, 0.1) is 11.8 Å². The standard InChI is InChI=1S/C25H34O/c26-25(23-19-15-11-7-3-1-4-8-12-16-20-23)24-21-17-13-9-5-2-6-10-14-18-22-24/h3,5,7-15,17,23-24H,1-2,4,6,16,18-22H2/b7-3+,9-5+,12-8-,14-10+,15-11-,17-13+. The van der Waals surface area contributed by atoms with E-state index in [1.54, 1.807) is 0 Å². The van der Waals surface area contributed by atoms with Crippen molar-refractivity contribution in [3.8, 4) is 0 Å². The highest BCUT2D eigenvalue weighted by molar-refractivity contribution is 5.83. The maximum atomic E-state index is 13.2. The Hall–Kier alpha value is -1.89. The van der Waals surface area contributed by atoms with Gasteiger partial charge in [-0.1, -0.05) is 72.9 Å². The summed E-state index contributed by atoms with van der Waals surface area (Å²) in [6, 6.07) is 0. The summed E-state index contributed by atoms with van der Waals surface area (Å²) in [6.45, 7) is 0. The fourth-order valence-electron chi connectivity index (χ4n) is 3.53. The maximum Gasteiger partial charge on any atom is 0.139 e. The van der Waals surface area contributed by atoms with Gasteiger partial charge in [-0.05, 0) is 64.2 Å². The normalized spacial score (nSPS) is 33.1. The number of ketones is 1. The van der Waals surface area contributed by atoms with Crippen molar-refractivity contribution < 1.29 is 4.79 Å². The van der Waals surface area contributed by atoms with Gasteiger partial charge in [0.05, 0.1) is 0 Å². The predicted molar refractivity (Wildman–Crippen MR) is 113 cm³/mol. The quantitative estimate of drug-likeness (QED) is 0.487. The zero-order valence-electron chi connectivity index (χ0n) is 16.1. The highest BCUT2D eigenvalue weighted by Gasteiger charge is 2.24. The lowest BCUT2D eigenvalue weighted by molar-refractivity contribution is -0.127. The Morgan fingerprint density at radius 1 is 0.500 bits per heavy atom. The summed E-state index contributed by atoms with van der Waals surface area (Å²) in [7, 11) is 0. The van der Waals surface area contributed by atoms with Gasteiger partial charge in [-0.3, -0.25) is 4.79 Å². The van der Waals surface area contributed by atoms with Crippen LogP contribution in [0.25, 0.3) is 0 Å².